The average molecular weight is 346 g/mol. The highest BCUT2D eigenvalue weighted by atomic mass is 31.1. The molecule has 0 bridgehead atoms. The van der Waals surface area contributed by atoms with Crippen molar-refractivity contribution in [2.45, 2.75) is 27.7 Å². The average Bonchev–Trinajstić information content (AvgIpc) is 2.52. The first-order valence-corrected chi connectivity index (χ1v) is 11.1. The predicted octanol–water partition coefficient (Wildman–Crippen LogP) is 6.62. The number of benzene rings is 3. The first-order valence-electron chi connectivity index (χ1n) is 8.83. The van der Waals surface area contributed by atoms with Crippen LogP contribution in [0.1, 0.15) is 22.3 Å². The van der Waals surface area contributed by atoms with Gasteiger partial charge in [0.1, 0.15) is 0 Å². The van der Waals surface area contributed by atoms with Crippen LogP contribution in [-0.4, -0.2) is 13.3 Å². The summed E-state index contributed by atoms with van der Waals surface area (Å²) in [5, 5.41) is 1.51. The highest BCUT2D eigenvalue weighted by molar-refractivity contribution is 7.64. The van der Waals surface area contributed by atoms with Crippen molar-refractivity contribution in [3.63, 3.8) is 0 Å². The molecule has 0 heterocycles. The molecule has 0 unspecified atom stereocenters. The van der Waals surface area contributed by atoms with Gasteiger partial charge in [0.2, 0.25) is 0 Å². The van der Waals surface area contributed by atoms with Gasteiger partial charge in [-0.2, -0.15) is 0 Å². The smallest absolute Gasteiger partial charge is 0.00895 e. The molecule has 0 spiro atoms. The van der Waals surface area contributed by atoms with E-state index in [4.69, 9.17) is 0 Å². The van der Waals surface area contributed by atoms with Crippen molar-refractivity contribution in [3.8, 4) is 22.3 Å². The summed E-state index contributed by atoms with van der Waals surface area (Å²) in [7, 11) is -0.223. The van der Waals surface area contributed by atoms with Crippen LogP contribution in [-0.2, 0) is 0 Å². The summed E-state index contributed by atoms with van der Waals surface area (Å²) in [6.45, 7) is 13.5. The van der Waals surface area contributed by atoms with Crippen LogP contribution in [0.25, 0.3) is 22.3 Å². The van der Waals surface area contributed by atoms with E-state index in [0.717, 1.165) is 0 Å². The van der Waals surface area contributed by atoms with Crippen LogP contribution in [0.15, 0.2) is 54.6 Å². The Labute approximate surface area is 153 Å². The number of hydrogen-bond acceptors (Lipinski definition) is 0. The Kier molecular flexibility index (Phi) is 5.11. The lowest BCUT2D eigenvalue weighted by atomic mass is 9.95. The Morgan fingerprint density at radius 1 is 0.560 bits per heavy atom. The van der Waals surface area contributed by atoms with Gasteiger partial charge in [-0.1, -0.05) is 84.8 Å². The van der Waals surface area contributed by atoms with Crippen molar-refractivity contribution in [3.05, 3.63) is 76.9 Å². The Morgan fingerprint density at radius 2 is 0.920 bits per heavy atom. The maximum absolute atomic E-state index is 2.36. The van der Waals surface area contributed by atoms with Crippen molar-refractivity contribution in [2.24, 2.45) is 0 Å². The Hall–Kier alpha value is -1.91. The van der Waals surface area contributed by atoms with Crippen molar-refractivity contribution >= 4 is 13.2 Å². The molecular formula is C24H27P. The normalized spacial score (nSPS) is 11.2. The second kappa shape index (κ2) is 7.14. The van der Waals surface area contributed by atoms with Gasteiger partial charge in [0, 0.05) is 0 Å². The van der Waals surface area contributed by atoms with Gasteiger partial charge in [-0.3, -0.25) is 0 Å². The van der Waals surface area contributed by atoms with Crippen LogP contribution in [0.2, 0.25) is 0 Å². The number of aryl methyl sites for hydroxylation is 4. The fraction of sp³-hybridized carbons (Fsp3) is 0.250. The highest BCUT2D eigenvalue weighted by Gasteiger charge is 2.15. The third-order valence-electron chi connectivity index (χ3n) is 4.55. The quantitative estimate of drug-likeness (QED) is 0.467. The SMILES string of the molecule is Cc1cc(C)cc(-c2cccc(-c3cc(C)cc(C)c3)c2P(C)C)c1. The van der Waals surface area contributed by atoms with Crippen LogP contribution in [0.3, 0.4) is 0 Å². The molecule has 0 saturated heterocycles. The number of hydrogen-bond donors (Lipinski definition) is 0. The molecule has 0 aliphatic carbocycles. The lowest BCUT2D eigenvalue weighted by Crippen LogP contribution is -2.09. The molecule has 0 saturated carbocycles. The van der Waals surface area contributed by atoms with E-state index >= 15 is 0 Å². The summed E-state index contributed by atoms with van der Waals surface area (Å²) in [6, 6.07) is 20.5. The Balaban J connectivity index is 2.28. The molecule has 0 fully saturated rings. The third kappa shape index (κ3) is 3.86. The summed E-state index contributed by atoms with van der Waals surface area (Å²) >= 11 is 0. The molecule has 0 aliphatic rings. The van der Waals surface area contributed by atoms with E-state index in [1.54, 1.807) is 0 Å². The minimum absolute atomic E-state index is 0.223. The molecule has 1 heteroatoms. The van der Waals surface area contributed by atoms with Gasteiger partial charge in [0.05, 0.1) is 0 Å². The van der Waals surface area contributed by atoms with E-state index in [-0.39, 0.29) is 7.92 Å². The third-order valence-corrected chi connectivity index (χ3v) is 5.92. The lowest BCUT2D eigenvalue weighted by Gasteiger charge is -2.20. The molecule has 0 radical (unpaired) electrons. The molecule has 0 aliphatic heterocycles. The molecule has 0 N–H and O–H groups in total. The van der Waals surface area contributed by atoms with Crippen LogP contribution < -0.4 is 5.30 Å². The summed E-state index contributed by atoms with van der Waals surface area (Å²) in [4.78, 5) is 0. The maximum Gasteiger partial charge on any atom is -0.00895 e. The van der Waals surface area contributed by atoms with Crippen molar-refractivity contribution in [2.75, 3.05) is 13.3 Å². The van der Waals surface area contributed by atoms with E-state index in [1.807, 2.05) is 0 Å². The van der Waals surface area contributed by atoms with Gasteiger partial charge in [-0.15, -0.1) is 0 Å². The summed E-state index contributed by atoms with van der Waals surface area (Å²) < 4.78 is 0. The lowest BCUT2D eigenvalue weighted by molar-refractivity contribution is 1.38. The van der Waals surface area contributed by atoms with E-state index in [1.165, 1.54) is 49.8 Å². The molecular weight excluding hydrogens is 319 g/mol. The molecule has 3 aromatic rings. The van der Waals surface area contributed by atoms with Gasteiger partial charge in [0.15, 0.2) is 0 Å². The fourth-order valence-electron chi connectivity index (χ4n) is 3.75. The van der Waals surface area contributed by atoms with Gasteiger partial charge >= 0.3 is 0 Å². The molecule has 128 valence electrons. The zero-order chi connectivity index (χ0) is 18.1. The Morgan fingerprint density at radius 3 is 1.24 bits per heavy atom. The Bertz CT molecular complexity index is 809. The first-order chi connectivity index (χ1) is 11.8. The zero-order valence-electron chi connectivity index (χ0n) is 16.1. The van der Waals surface area contributed by atoms with Crippen LogP contribution >= 0.6 is 7.92 Å². The largest absolute Gasteiger partial charge is 0.0803 e. The van der Waals surface area contributed by atoms with Gasteiger partial charge in [0.25, 0.3) is 0 Å². The standard InChI is InChI=1S/C24H27P/c1-16-10-17(2)13-20(12-16)22-8-7-9-23(24(22)25(5)6)21-14-18(3)11-19(4)15-21/h7-15H,1-6H3. The molecule has 0 atom stereocenters. The maximum atomic E-state index is 2.36. The van der Waals surface area contributed by atoms with Crippen molar-refractivity contribution in [1.82, 2.24) is 0 Å². The second-order valence-electron chi connectivity index (χ2n) is 7.35. The van der Waals surface area contributed by atoms with E-state index in [0.29, 0.717) is 0 Å². The summed E-state index contributed by atoms with van der Waals surface area (Å²) in [6.07, 6.45) is 0. The molecule has 0 amide bonds. The van der Waals surface area contributed by atoms with Crippen LogP contribution in [0.5, 0.6) is 0 Å². The van der Waals surface area contributed by atoms with Crippen LogP contribution in [0, 0.1) is 27.7 Å². The molecule has 3 rings (SSSR count). The minimum atomic E-state index is -0.223. The fourth-order valence-corrected chi connectivity index (χ4v) is 5.12. The number of rotatable bonds is 3. The van der Waals surface area contributed by atoms with Crippen molar-refractivity contribution in [1.29, 1.82) is 0 Å². The summed E-state index contributed by atoms with van der Waals surface area (Å²) in [5.41, 5.74) is 10.8. The minimum Gasteiger partial charge on any atom is -0.0803 e. The topological polar surface area (TPSA) is 0 Å². The molecule has 0 nitrogen and oxygen atoms in total. The van der Waals surface area contributed by atoms with Crippen LogP contribution in [0.4, 0.5) is 0 Å². The zero-order valence-corrected chi connectivity index (χ0v) is 17.0. The van der Waals surface area contributed by atoms with E-state index < -0.39 is 0 Å². The molecule has 0 aromatic heterocycles. The van der Waals surface area contributed by atoms with Gasteiger partial charge < -0.3 is 0 Å². The van der Waals surface area contributed by atoms with Crippen molar-refractivity contribution < 1.29 is 0 Å². The van der Waals surface area contributed by atoms with E-state index in [2.05, 4.69) is 95.6 Å². The summed E-state index contributed by atoms with van der Waals surface area (Å²) in [5.74, 6) is 0. The molecule has 3 aromatic carbocycles. The first kappa shape index (κ1) is 17.9. The monoisotopic (exact) mass is 346 g/mol. The van der Waals surface area contributed by atoms with Gasteiger partial charge in [-0.05, 0) is 68.6 Å². The highest BCUT2D eigenvalue weighted by Crippen LogP contribution is 2.37. The van der Waals surface area contributed by atoms with Gasteiger partial charge in [-0.25, -0.2) is 0 Å². The van der Waals surface area contributed by atoms with E-state index in [9.17, 15) is 0 Å². The molecule has 25 heavy (non-hydrogen) atoms. The predicted molar refractivity (Wildman–Crippen MR) is 115 cm³/mol. The second-order valence-corrected chi connectivity index (χ2v) is 9.59.